The zero-order chi connectivity index (χ0) is 9.47. The predicted octanol–water partition coefficient (Wildman–Crippen LogP) is 1.26. The Morgan fingerprint density at radius 3 is 3.15 bits per heavy atom. The van der Waals surface area contributed by atoms with E-state index in [-0.39, 0.29) is 11.5 Å². The molecule has 2 aliphatic rings. The van der Waals surface area contributed by atoms with Crippen LogP contribution in [0.4, 0.5) is 0 Å². The summed E-state index contributed by atoms with van der Waals surface area (Å²) in [5, 5.41) is 4.18. The molecule has 1 N–H and O–H groups in total. The van der Waals surface area contributed by atoms with Gasteiger partial charge in [-0.05, 0) is 26.3 Å². The Balaban J connectivity index is 2.37. The van der Waals surface area contributed by atoms with Crippen LogP contribution >= 0.6 is 0 Å². The van der Waals surface area contributed by atoms with Gasteiger partial charge in [0.25, 0.3) is 0 Å². The highest BCUT2D eigenvalue weighted by atomic mass is 16.1. The maximum absolute atomic E-state index is 11.8. The summed E-state index contributed by atoms with van der Waals surface area (Å²) in [6, 6.07) is 0. The van der Waals surface area contributed by atoms with Gasteiger partial charge in [0.2, 0.25) is 0 Å². The van der Waals surface area contributed by atoms with E-state index < -0.39 is 0 Å². The van der Waals surface area contributed by atoms with Gasteiger partial charge in [-0.3, -0.25) is 4.79 Å². The summed E-state index contributed by atoms with van der Waals surface area (Å²) in [5.74, 6) is 0.255. The second kappa shape index (κ2) is 2.69. The van der Waals surface area contributed by atoms with Gasteiger partial charge in [-0.2, -0.15) is 5.10 Å². The molecule has 0 amide bonds. The van der Waals surface area contributed by atoms with Crippen molar-refractivity contribution in [2.75, 3.05) is 0 Å². The van der Waals surface area contributed by atoms with Crippen LogP contribution in [0.5, 0.6) is 0 Å². The van der Waals surface area contributed by atoms with Gasteiger partial charge in [0, 0.05) is 6.42 Å². The van der Waals surface area contributed by atoms with E-state index in [1.54, 1.807) is 0 Å². The minimum Gasteiger partial charge on any atom is -0.303 e. The van der Waals surface area contributed by atoms with Gasteiger partial charge in [0.05, 0.1) is 17.2 Å². The Bertz CT molecular complexity index is 302. The van der Waals surface area contributed by atoms with Crippen molar-refractivity contribution in [3.8, 4) is 0 Å². The van der Waals surface area contributed by atoms with Gasteiger partial charge in [-0.1, -0.05) is 6.08 Å². The Hall–Kier alpha value is -1.12. The van der Waals surface area contributed by atoms with Crippen molar-refractivity contribution >= 4 is 11.5 Å². The molecule has 0 aromatic heterocycles. The fourth-order valence-electron chi connectivity index (χ4n) is 1.98. The number of hydrogen-bond donors (Lipinski definition) is 1. The van der Waals surface area contributed by atoms with Crippen LogP contribution in [-0.4, -0.2) is 17.0 Å². The largest absolute Gasteiger partial charge is 0.303 e. The van der Waals surface area contributed by atoms with Crippen molar-refractivity contribution in [3.63, 3.8) is 0 Å². The molecule has 2 rings (SSSR count). The summed E-state index contributed by atoms with van der Waals surface area (Å²) in [4.78, 5) is 11.8. The van der Waals surface area contributed by atoms with Crippen LogP contribution in [-0.2, 0) is 4.79 Å². The molecule has 0 fully saturated rings. The van der Waals surface area contributed by atoms with Crippen molar-refractivity contribution in [3.05, 3.63) is 12.2 Å². The van der Waals surface area contributed by atoms with Crippen LogP contribution < -0.4 is 5.43 Å². The first-order valence-electron chi connectivity index (χ1n) is 4.65. The normalized spacial score (nSPS) is 30.5. The second-order valence-corrected chi connectivity index (χ2v) is 4.21. The van der Waals surface area contributed by atoms with Crippen molar-refractivity contribution < 1.29 is 4.79 Å². The molecule has 0 aromatic carbocycles. The first kappa shape index (κ1) is 8.48. The molecule has 3 nitrogen and oxygen atoms in total. The standard InChI is InChI=1S/C10H14N2O/c1-10(2)9-7(11-12-10)5-3-4-6-8(9)13/h3,5,9,12H,4,6H2,1-2H3. The van der Waals surface area contributed by atoms with Gasteiger partial charge in [0.1, 0.15) is 5.78 Å². The lowest BCUT2D eigenvalue weighted by atomic mass is 9.82. The summed E-state index contributed by atoms with van der Waals surface area (Å²) in [6.07, 6.45) is 5.49. The van der Waals surface area contributed by atoms with E-state index in [0.717, 1.165) is 12.1 Å². The molecule has 0 spiro atoms. The number of nitrogens with one attached hydrogen (secondary N) is 1. The van der Waals surface area contributed by atoms with Gasteiger partial charge in [-0.25, -0.2) is 0 Å². The van der Waals surface area contributed by atoms with Gasteiger partial charge in [0.15, 0.2) is 0 Å². The van der Waals surface area contributed by atoms with E-state index in [1.807, 2.05) is 26.0 Å². The molecule has 13 heavy (non-hydrogen) atoms. The molecule has 0 aromatic rings. The molecule has 1 heterocycles. The molecule has 0 bridgehead atoms. The molecule has 1 aliphatic heterocycles. The lowest BCUT2D eigenvalue weighted by molar-refractivity contribution is -0.122. The molecule has 1 aliphatic carbocycles. The minimum absolute atomic E-state index is 0.0498. The molecule has 1 unspecified atom stereocenters. The second-order valence-electron chi connectivity index (χ2n) is 4.21. The van der Waals surface area contributed by atoms with Crippen LogP contribution in [0.15, 0.2) is 17.3 Å². The van der Waals surface area contributed by atoms with E-state index in [1.165, 1.54) is 0 Å². The number of Topliss-reactive ketones (excluding diaryl/α,β-unsaturated/α-hetero) is 1. The third-order valence-corrected chi connectivity index (χ3v) is 2.66. The van der Waals surface area contributed by atoms with Crippen LogP contribution in [0.25, 0.3) is 0 Å². The summed E-state index contributed by atoms with van der Waals surface area (Å²) >= 11 is 0. The number of hydrogen-bond acceptors (Lipinski definition) is 3. The third-order valence-electron chi connectivity index (χ3n) is 2.66. The zero-order valence-corrected chi connectivity index (χ0v) is 8.00. The van der Waals surface area contributed by atoms with Crippen molar-refractivity contribution in [2.24, 2.45) is 11.0 Å². The van der Waals surface area contributed by atoms with E-state index in [4.69, 9.17) is 0 Å². The number of fused-ring (bicyclic) bond motifs is 1. The van der Waals surface area contributed by atoms with Gasteiger partial charge < -0.3 is 5.43 Å². The smallest absolute Gasteiger partial charge is 0.144 e. The monoisotopic (exact) mass is 178 g/mol. The molecule has 1 atom stereocenters. The van der Waals surface area contributed by atoms with E-state index in [2.05, 4.69) is 10.5 Å². The predicted molar refractivity (Wildman–Crippen MR) is 51.5 cm³/mol. The van der Waals surface area contributed by atoms with E-state index in [9.17, 15) is 4.79 Å². The average Bonchev–Trinajstić information content (AvgIpc) is 2.26. The SMILES string of the molecule is CC1(C)NN=C2C=CCCC(=O)C21. The molecule has 70 valence electrons. The molecular formula is C10H14N2O. The Labute approximate surface area is 77.9 Å². The Morgan fingerprint density at radius 2 is 2.38 bits per heavy atom. The number of ketones is 1. The lowest BCUT2D eigenvalue weighted by Gasteiger charge is -2.25. The first-order valence-corrected chi connectivity index (χ1v) is 4.65. The maximum Gasteiger partial charge on any atom is 0.144 e. The van der Waals surface area contributed by atoms with Crippen LogP contribution in [0.2, 0.25) is 0 Å². The summed E-state index contributed by atoms with van der Waals surface area (Å²) in [6.45, 7) is 4.04. The fraction of sp³-hybridized carbons (Fsp3) is 0.600. The zero-order valence-electron chi connectivity index (χ0n) is 8.00. The highest BCUT2D eigenvalue weighted by Crippen LogP contribution is 2.28. The van der Waals surface area contributed by atoms with Crippen LogP contribution in [0.3, 0.4) is 0 Å². The topological polar surface area (TPSA) is 41.5 Å². The molecule has 0 radical (unpaired) electrons. The van der Waals surface area contributed by atoms with Crippen LogP contribution in [0, 0.1) is 5.92 Å². The Morgan fingerprint density at radius 1 is 1.62 bits per heavy atom. The highest BCUT2D eigenvalue weighted by molar-refractivity contribution is 6.13. The number of nitrogens with zero attached hydrogens (tertiary/aromatic N) is 1. The number of carbonyl (C=O) groups is 1. The lowest BCUT2D eigenvalue weighted by Crippen LogP contribution is -2.43. The molecule has 0 saturated carbocycles. The van der Waals surface area contributed by atoms with E-state index in [0.29, 0.717) is 12.2 Å². The fourth-order valence-corrected chi connectivity index (χ4v) is 1.98. The summed E-state index contributed by atoms with van der Waals surface area (Å²) < 4.78 is 0. The number of carbonyl (C=O) groups excluding carboxylic acids is 1. The average molecular weight is 178 g/mol. The Kier molecular flexibility index (Phi) is 1.75. The summed E-state index contributed by atoms with van der Waals surface area (Å²) in [7, 11) is 0. The minimum atomic E-state index is -0.207. The molecular weight excluding hydrogens is 164 g/mol. The number of rotatable bonds is 0. The maximum atomic E-state index is 11.8. The third kappa shape index (κ3) is 1.28. The molecule has 0 saturated heterocycles. The van der Waals surface area contributed by atoms with Gasteiger partial charge >= 0.3 is 0 Å². The van der Waals surface area contributed by atoms with Crippen molar-refractivity contribution in [1.82, 2.24) is 5.43 Å². The first-order chi connectivity index (χ1) is 6.11. The van der Waals surface area contributed by atoms with Crippen molar-refractivity contribution in [2.45, 2.75) is 32.2 Å². The quantitative estimate of drug-likeness (QED) is 0.606. The van der Waals surface area contributed by atoms with Crippen molar-refractivity contribution in [1.29, 1.82) is 0 Å². The highest BCUT2D eigenvalue weighted by Gasteiger charge is 2.42. The molecule has 3 heteroatoms. The van der Waals surface area contributed by atoms with Gasteiger partial charge in [-0.15, -0.1) is 0 Å². The van der Waals surface area contributed by atoms with Crippen LogP contribution in [0.1, 0.15) is 26.7 Å². The van der Waals surface area contributed by atoms with E-state index >= 15 is 0 Å². The summed E-state index contributed by atoms with van der Waals surface area (Å²) in [5.41, 5.74) is 3.70. The number of hydrazone groups is 1. The number of allylic oxidation sites excluding steroid dienone is 2.